The molecule has 1 heterocycles. The molecule has 3 heteroatoms. The molecule has 0 N–H and O–H groups in total. The smallest absolute Gasteiger partial charge is 0.219 e. The van der Waals surface area contributed by atoms with Crippen molar-refractivity contribution in [3.8, 4) is 17.7 Å². The summed E-state index contributed by atoms with van der Waals surface area (Å²) >= 11 is 0. The second kappa shape index (κ2) is 4.94. The fraction of sp³-hybridized carbons (Fsp3) is 0. The molecular formula is C13H9N2O. The third-order valence-corrected chi connectivity index (χ3v) is 1.92. The third kappa shape index (κ3) is 2.58. The highest BCUT2D eigenvalue weighted by molar-refractivity contribution is 5.30. The molecule has 0 aliphatic carbocycles. The predicted molar refractivity (Wildman–Crippen MR) is 59.8 cm³/mol. The quantitative estimate of drug-likeness (QED) is 0.780. The van der Waals surface area contributed by atoms with Gasteiger partial charge in [0.2, 0.25) is 5.88 Å². The Morgan fingerprint density at radius 2 is 1.88 bits per heavy atom. The van der Waals surface area contributed by atoms with Gasteiger partial charge in [0.15, 0.2) is 0 Å². The summed E-state index contributed by atoms with van der Waals surface area (Å²) in [5.74, 6) is 1.21. The molecule has 0 bridgehead atoms. The van der Waals surface area contributed by atoms with Gasteiger partial charge >= 0.3 is 0 Å². The lowest BCUT2D eigenvalue weighted by atomic mass is 10.3. The van der Waals surface area contributed by atoms with Gasteiger partial charge in [0, 0.05) is 6.07 Å². The molecule has 0 unspecified atom stereocenters. The number of hydrogen-bond acceptors (Lipinski definition) is 3. The Balaban J connectivity index is 2.16. The lowest BCUT2D eigenvalue weighted by Crippen LogP contribution is -1.90. The summed E-state index contributed by atoms with van der Waals surface area (Å²) in [7, 11) is 0. The number of ether oxygens (including phenoxy) is 1. The van der Waals surface area contributed by atoms with Gasteiger partial charge in [-0.15, -0.1) is 0 Å². The fourth-order valence-corrected chi connectivity index (χ4v) is 1.24. The first-order chi connectivity index (χ1) is 7.88. The summed E-state index contributed by atoms with van der Waals surface area (Å²) < 4.78 is 5.52. The SMILES string of the molecule is N#C[CH]c1cccc(Oc2ccccc2)n1. The number of rotatable bonds is 3. The van der Waals surface area contributed by atoms with Crippen LogP contribution < -0.4 is 4.74 Å². The molecule has 2 rings (SSSR count). The minimum atomic E-state index is 0.482. The number of pyridine rings is 1. The Hall–Kier alpha value is -2.34. The second-order valence-corrected chi connectivity index (χ2v) is 3.09. The largest absolute Gasteiger partial charge is 0.439 e. The molecule has 3 nitrogen and oxygen atoms in total. The van der Waals surface area contributed by atoms with Gasteiger partial charge in [0.05, 0.1) is 11.8 Å². The van der Waals surface area contributed by atoms with E-state index in [1.54, 1.807) is 18.2 Å². The van der Waals surface area contributed by atoms with E-state index in [0.29, 0.717) is 11.6 Å². The van der Waals surface area contributed by atoms with E-state index in [1.807, 2.05) is 36.4 Å². The third-order valence-electron chi connectivity index (χ3n) is 1.92. The van der Waals surface area contributed by atoms with Gasteiger partial charge < -0.3 is 4.74 Å². The zero-order valence-electron chi connectivity index (χ0n) is 8.50. The van der Waals surface area contributed by atoms with Crippen molar-refractivity contribution in [1.82, 2.24) is 4.98 Å². The fourth-order valence-electron chi connectivity index (χ4n) is 1.24. The van der Waals surface area contributed by atoms with E-state index in [-0.39, 0.29) is 0 Å². The highest BCUT2D eigenvalue weighted by atomic mass is 16.5. The molecule has 16 heavy (non-hydrogen) atoms. The Morgan fingerprint density at radius 3 is 2.62 bits per heavy atom. The molecule has 2 aromatic rings. The number of para-hydroxylation sites is 1. The molecule has 0 fully saturated rings. The van der Waals surface area contributed by atoms with E-state index >= 15 is 0 Å². The van der Waals surface area contributed by atoms with Crippen LogP contribution in [-0.2, 0) is 0 Å². The lowest BCUT2D eigenvalue weighted by molar-refractivity contribution is 0.462. The molecule has 0 saturated heterocycles. The Kier molecular flexibility index (Phi) is 3.15. The topological polar surface area (TPSA) is 45.9 Å². The number of hydrogen-bond donors (Lipinski definition) is 0. The molecule has 1 aromatic heterocycles. The van der Waals surface area contributed by atoms with Crippen LogP contribution in [0.1, 0.15) is 5.69 Å². The van der Waals surface area contributed by atoms with Crippen molar-refractivity contribution in [2.75, 3.05) is 0 Å². The molecule has 0 aliphatic rings. The van der Waals surface area contributed by atoms with Crippen molar-refractivity contribution < 1.29 is 4.74 Å². The van der Waals surface area contributed by atoms with Crippen LogP contribution >= 0.6 is 0 Å². The molecule has 0 atom stereocenters. The van der Waals surface area contributed by atoms with E-state index in [1.165, 1.54) is 6.42 Å². The van der Waals surface area contributed by atoms with Crippen LogP contribution in [0.2, 0.25) is 0 Å². The predicted octanol–water partition coefficient (Wildman–Crippen LogP) is 2.95. The standard InChI is InChI=1S/C13H9N2O/c14-10-9-11-5-4-8-13(15-11)16-12-6-2-1-3-7-12/h1-9H. The first-order valence-corrected chi connectivity index (χ1v) is 4.81. The summed E-state index contributed by atoms with van der Waals surface area (Å²) in [6.07, 6.45) is 1.37. The van der Waals surface area contributed by atoms with E-state index in [2.05, 4.69) is 4.98 Å². The average molecular weight is 209 g/mol. The maximum absolute atomic E-state index is 8.51. The van der Waals surface area contributed by atoms with Gasteiger partial charge in [-0.2, -0.15) is 5.26 Å². The molecule has 0 amide bonds. The lowest BCUT2D eigenvalue weighted by Gasteiger charge is -2.04. The van der Waals surface area contributed by atoms with Crippen molar-refractivity contribution in [2.24, 2.45) is 0 Å². The van der Waals surface area contributed by atoms with Gasteiger partial charge in [-0.05, 0) is 18.2 Å². The highest BCUT2D eigenvalue weighted by Crippen LogP contribution is 2.18. The van der Waals surface area contributed by atoms with Gasteiger partial charge in [0.1, 0.15) is 12.2 Å². The minimum Gasteiger partial charge on any atom is -0.439 e. The van der Waals surface area contributed by atoms with E-state index in [4.69, 9.17) is 10.00 Å². The number of benzene rings is 1. The van der Waals surface area contributed by atoms with Crippen LogP contribution in [0.3, 0.4) is 0 Å². The van der Waals surface area contributed by atoms with E-state index in [9.17, 15) is 0 Å². The number of aromatic nitrogens is 1. The minimum absolute atomic E-state index is 0.482. The average Bonchev–Trinajstić information content (AvgIpc) is 2.31. The monoisotopic (exact) mass is 209 g/mol. The van der Waals surface area contributed by atoms with Crippen molar-refractivity contribution in [1.29, 1.82) is 5.26 Å². The van der Waals surface area contributed by atoms with Crippen LogP contribution in [0.5, 0.6) is 11.6 Å². The number of nitrogens with zero attached hydrogens (tertiary/aromatic N) is 2. The summed E-state index contributed by atoms with van der Waals surface area (Å²) in [6, 6.07) is 16.6. The maximum atomic E-state index is 8.51. The molecule has 0 aliphatic heterocycles. The van der Waals surface area contributed by atoms with Gasteiger partial charge in [-0.3, -0.25) is 0 Å². The molecule has 0 saturated carbocycles. The van der Waals surface area contributed by atoms with Crippen LogP contribution in [0.4, 0.5) is 0 Å². The second-order valence-electron chi connectivity index (χ2n) is 3.09. The Bertz CT molecular complexity index is 503. The van der Waals surface area contributed by atoms with Crippen LogP contribution in [-0.4, -0.2) is 4.98 Å². The summed E-state index contributed by atoms with van der Waals surface area (Å²) in [6.45, 7) is 0. The van der Waals surface area contributed by atoms with Gasteiger partial charge in [-0.1, -0.05) is 24.3 Å². The van der Waals surface area contributed by atoms with Crippen LogP contribution in [0, 0.1) is 17.8 Å². The van der Waals surface area contributed by atoms with Gasteiger partial charge in [-0.25, -0.2) is 4.98 Å². The van der Waals surface area contributed by atoms with Crippen LogP contribution in [0.15, 0.2) is 48.5 Å². The molecule has 1 radical (unpaired) electrons. The van der Waals surface area contributed by atoms with Crippen molar-refractivity contribution in [3.63, 3.8) is 0 Å². The normalized spacial score (nSPS) is 9.44. The zero-order chi connectivity index (χ0) is 11.2. The number of nitriles is 1. The summed E-state index contributed by atoms with van der Waals surface area (Å²) in [5.41, 5.74) is 0.593. The molecule has 1 aromatic carbocycles. The highest BCUT2D eigenvalue weighted by Gasteiger charge is 1.99. The van der Waals surface area contributed by atoms with Crippen molar-refractivity contribution in [3.05, 3.63) is 60.6 Å². The Labute approximate surface area is 93.9 Å². The molecular weight excluding hydrogens is 200 g/mol. The van der Waals surface area contributed by atoms with E-state index < -0.39 is 0 Å². The van der Waals surface area contributed by atoms with Crippen molar-refractivity contribution in [2.45, 2.75) is 0 Å². The van der Waals surface area contributed by atoms with Gasteiger partial charge in [0.25, 0.3) is 0 Å². The van der Waals surface area contributed by atoms with Crippen molar-refractivity contribution >= 4 is 0 Å². The first-order valence-electron chi connectivity index (χ1n) is 4.81. The summed E-state index contributed by atoms with van der Waals surface area (Å²) in [4.78, 5) is 4.16. The van der Waals surface area contributed by atoms with Crippen LogP contribution in [0.25, 0.3) is 0 Å². The Morgan fingerprint density at radius 1 is 1.06 bits per heavy atom. The maximum Gasteiger partial charge on any atom is 0.219 e. The molecule has 0 spiro atoms. The summed E-state index contributed by atoms with van der Waals surface area (Å²) in [5, 5.41) is 8.51. The molecule has 77 valence electrons. The van der Waals surface area contributed by atoms with E-state index in [0.717, 1.165) is 5.75 Å². The first kappa shape index (κ1) is 10.2. The zero-order valence-corrected chi connectivity index (χ0v) is 8.50.